The number of fused-ring (bicyclic) bond motifs is 1. The number of carbonyl (C=O) groups is 2. The molecule has 0 fully saturated rings. The van der Waals surface area contributed by atoms with Crippen molar-refractivity contribution in [2.24, 2.45) is 0 Å². The van der Waals surface area contributed by atoms with Gasteiger partial charge in [0.15, 0.2) is 6.61 Å². The number of anilines is 2. The van der Waals surface area contributed by atoms with Crippen LogP contribution in [0.25, 0.3) is 0 Å². The van der Waals surface area contributed by atoms with E-state index in [1.807, 2.05) is 0 Å². The molecule has 0 unspecified atom stereocenters. The minimum absolute atomic E-state index is 0.0399. The highest BCUT2D eigenvalue weighted by atomic mass is 19.1. The molecule has 2 aromatic carbocycles. The molecular weight excluding hydrogens is 311 g/mol. The molecule has 0 aromatic heterocycles. The summed E-state index contributed by atoms with van der Waals surface area (Å²) in [6, 6.07) is 10.6. The molecule has 3 rings (SSSR count). The van der Waals surface area contributed by atoms with E-state index in [4.69, 9.17) is 4.74 Å². The predicted octanol–water partition coefficient (Wildman–Crippen LogP) is 2.99. The standard InChI is InChI=1S/C18H15FN2O3/c1-2-9-21-15-10-12(7-8-16(15)24-11-17(21)22)20-18(23)13-5-3-4-6-14(13)19/h2-8,10H,1,9,11H2,(H,20,23). The maximum atomic E-state index is 13.7. The van der Waals surface area contributed by atoms with Crippen LogP contribution >= 0.6 is 0 Å². The van der Waals surface area contributed by atoms with E-state index < -0.39 is 11.7 Å². The Bertz CT molecular complexity index is 820. The lowest BCUT2D eigenvalue weighted by Gasteiger charge is -2.28. The van der Waals surface area contributed by atoms with E-state index >= 15 is 0 Å². The summed E-state index contributed by atoms with van der Waals surface area (Å²) in [7, 11) is 0. The average molecular weight is 326 g/mol. The number of carbonyl (C=O) groups excluding carboxylic acids is 2. The van der Waals surface area contributed by atoms with Gasteiger partial charge < -0.3 is 15.0 Å². The van der Waals surface area contributed by atoms with Crippen molar-refractivity contribution in [3.05, 3.63) is 66.5 Å². The highest BCUT2D eigenvalue weighted by Gasteiger charge is 2.25. The molecule has 0 radical (unpaired) electrons. The van der Waals surface area contributed by atoms with Gasteiger partial charge in [-0.05, 0) is 30.3 Å². The van der Waals surface area contributed by atoms with E-state index in [1.54, 1.807) is 30.3 Å². The molecule has 24 heavy (non-hydrogen) atoms. The number of amides is 2. The van der Waals surface area contributed by atoms with Crippen molar-refractivity contribution < 1.29 is 18.7 Å². The maximum absolute atomic E-state index is 13.7. The summed E-state index contributed by atoms with van der Waals surface area (Å²) in [5.74, 6) is -0.813. The van der Waals surface area contributed by atoms with Crippen LogP contribution in [0.5, 0.6) is 5.75 Å². The number of nitrogens with one attached hydrogen (secondary N) is 1. The van der Waals surface area contributed by atoms with Crippen molar-refractivity contribution in [3.63, 3.8) is 0 Å². The molecule has 1 aliphatic rings. The van der Waals surface area contributed by atoms with E-state index in [2.05, 4.69) is 11.9 Å². The SMILES string of the molecule is C=CCN1C(=O)COc2ccc(NC(=O)c3ccccc3F)cc21. The molecule has 5 nitrogen and oxygen atoms in total. The lowest BCUT2D eigenvalue weighted by atomic mass is 10.1. The first kappa shape index (κ1) is 15.7. The second-order valence-electron chi connectivity index (χ2n) is 5.20. The summed E-state index contributed by atoms with van der Waals surface area (Å²) >= 11 is 0. The van der Waals surface area contributed by atoms with Crippen molar-refractivity contribution in [2.75, 3.05) is 23.4 Å². The Hall–Kier alpha value is -3.15. The Morgan fingerprint density at radius 2 is 2.12 bits per heavy atom. The van der Waals surface area contributed by atoms with Gasteiger partial charge in [-0.3, -0.25) is 9.59 Å². The molecule has 1 N–H and O–H groups in total. The first-order chi connectivity index (χ1) is 11.6. The first-order valence-electron chi connectivity index (χ1n) is 7.34. The van der Waals surface area contributed by atoms with Gasteiger partial charge in [0.2, 0.25) is 0 Å². The Balaban J connectivity index is 1.88. The second-order valence-corrected chi connectivity index (χ2v) is 5.20. The van der Waals surface area contributed by atoms with Gasteiger partial charge in [-0.15, -0.1) is 6.58 Å². The molecule has 2 aromatic rings. The predicted molar refractivity (Wildman–Crippen MR) is 88.8 cm³/mol. The molecule has 0 saturated carbocycles. The van der Waals surface area contributed by atoms with Gasteiger partial charge in [0, 0.05) is 12.2 Å². The molecule has 1 aliphatic heterocycles. The highest BCUT2D eigenvalue weighted by Crippen LogP contribution is 2.34. The van der Waals surface area contributed by atoms with E-state index in [-0.39, 0.29) is 18.1 Å². The van der Waals surface area contributed by atoms with E-state index in [9.17, 15) is 14.0 Å². The third-order valence-corrected chi connectivity index (χ3v) is 3.59. The number of benzene rings is 2. The Kier molecular flexibility index (Phi) is 4.29. The van der Waals surface area contributed by atoms with E-state index in [1.165, 1.54) is 23.1 Å². The van der Waals surface area contributed by atoms with Crippen LogP contribution in [-0.4, -0.2) is 25.0 Å². The summed E-state index contributed by atoms with van der Waals surface area (Å²) in [5.41, 5.74) is 0.928. The van der Waals surface area contributed by atoms with Gasteiger partial charge in [0.25, 0.3) is 11.8 Å². The lowest BCUT2D eigenvalue weighted by molar-refractivity contribution is -0.121. The summed E-state index contributed by atoms with van der Waals surface area (Å²) in [6.45, 7) is 3.93. The van der Waals surface area contributed by atoms with E-state index in [0.717, 1.165) is 0 Å². The van der Waals surface area contributed by atoms with Crippen LogP contribution in [0.15, 0.2) is 55.1 Å². The number of nitrogens with zero attached hydrogens (tertiary/aromatic N) is 1. The Morgan fingerprint density at radius 3 is 2.88 bits per heavy atom. The summed E-state index contributed by atoms with van der Waals surface area (Å²) < 4.78 is 19.1. The largest absolute Gasteiger partial charge is 0.482 e. The van der Waals surface area contributed by atoms with Crippen LogP contribution in [0.4, 0.5) is 15.8 Å². The maximum Gasteiger partial charge on any atom is 0.265 e. The fourth-order valence-electron chi connectivity index (χ4n) is 2.45. The number of rotatable bonds is 4. The molecule has 0 aliphatic carbocycles. The number of ether oxygens (including phenoxy) is 1. The van der Waals surface area contributed by atoms with Crippen LogP contribution in [-0.2, 0) is 4.79 Å². The quantitative estimate of drug-likeness (QED) is 0.879. The second kappa shape index (κ2) is 6.54. The highest BCUT2D eigenvalue weighted by molar-refractivity contribution is 6.05. The first-order valence-corrected chi connectivity index (χ1v) is 7.34. The number of hydrogen-bond donors (Lipinski definition) is 1. The van der Waals surface area contributed by atoms with Crippen LogP contribution in [0, 0.1) is 5.82 Å². The van der Waals surface area contributed by atoms with Gasteiger partial charge >= 0.3 is 0 Å². The molecule has 0 atom stereocenters. The van der Waals surface area contributed by atoms with Crippen LogP contribution in [0.3, 0.4) is 0 Å². The smallest absolute Gasteiger partial charge is 0.265 e. The zero-order chi connectivity index (χ0) is 17.1. The van der Waals surface area contributed by atoms with Crippen molar-refractivity contribution in [1.82, 2.24) is 0 Å². The topological polar surface area (TPSA) is 58.6 Å². The zero-order valence-corrected chi connectivity index (χ0v) is 12.8. The zero-order valence-electron chi connectivity index (χ0n) is 12.8. The summed E-state index contributed by atoms with van der Waals surface area (Å²) in [6.07, 6.45) is 1.61. The van der Waals surface area contributed by atoms with Crippen LogP contribution in [0.1, 0.15) is 10.4 Å². The fourth-order valence-corrected chi connectivity index (χ4v) is 2.45. The van der Waals surface area contributed by atoms with E-state index in [0.29, 0.717) is 23.7 Å². The molecule has 122 valence electrons. The monoisotopic (exact) mass is 326 g/mol. The summed E-state index contributed by atoms with van der Waals surface area (Å²) in [5, 5.41) is 2.63. The van der Waals surface area contributed by atoms with Gasteiger partial charge in [0.1, 0.15) is 11.6 Å². The van der Waals surface area contributed by atoms with Crippen molar-refractivity contribution in [3.8, 4) is 5.75 Å². The number of hydrogen-bond acceptors (Lipinski definition) is 3. The summed E-state index contributed by atoms with van der Waals surface area (Å²) in [4.78, 5) is 25.7. The van der Waals surface area contributed by atoms with Gasteiger partial charge in [-0.25, -0.2) is 4.39 Å². The molecule has 6 heteroatoms. The molecule has 2 amide bonds. The normalized spacial score (nSPS) is 13.0. The number of halogens is 1. The Labute approximate surface area is 138 Å². The van der Waals surface area contributed by atoms with Gasteiger partial charge in [0.05, 0.1) is 11.3 Å². The van der Waals surface area contributed by atoms with Crippen molar-refractivity contribution in [1.29, 1.82) is 0 Å². The van der Waals surface area contributed by atoms with Gasteiger partial charge in [-0.2, -0.15) is 0 Å². The molecular formula is C18H15FN2O3. The van der Waals surface area contributed by atoms with Crippen molar-refractivity contribution in [2.45, 2.75) is 0 Å². The lowest BCUT2D eigenvalue weighted by Crippen LogP contribution is -2.38. The molecule has 1 heterocycles. The average Bonchev–Trinajstić information content (AvgIpc) is 2.58. The minimum atomic E-state index is -0.597. The molecule has 0 bridgehead atoms. The molecule has 0 saturated heterocycles. The molecule has 0 spiro atoms. The van der Waals surface area contributed by atoms with Crippen LogP contribution in [0.2, 0.25) is 0 Å². The minimum Gasteiger partial charge on any atom is -0.482 e. The third kappa shape index (κ3) is 2.99. The van der Waals surface area contributed by atoms with Crippen molar-refractivity contribution >= 4 is 23.2 Å². The van der Waals surface area contributed by atoms with Gasteiger partial charge in [-0.1, -0.05) is 18.2 Å². The van der Waals surface area contributed by atoms with Crippen LogP contribution < -0.4 is 15.0 Å². The third-order valence-electron chi connectivity index (χ3n) is 3.59. The Morgan fingerprint density at radius 1 is 1.33 bits per heavy atom. The fraction of sp³-hybridized carbons (Fsp3) is 0.111.